The number of aromatic nitrogens is 2. The van der Waals surface area contributed by atoms with Crippen molar-refractivity contribution in [3.05, 3.63) is 26.9 Å². The van der Waals surface area contributed by atoms with Crippen molar-refractivity contribution in [2.75, 3.05) is 0 Å². The van der Waals surface area contributed by atoms with Crippen LogP contribution in [0.2, 0.25) is 0 Å². The van der Waals surface area contributed by atoms with E-state index in [1.165, 1.54) is 0 Å². The van der Waals surface area contributed by atoms with Crippen molar-refractivity contribution in [3.8, 4) is 0 Å². The van der Waals surface area contributed by atoms with E-state index in [-0.39, 0.29) is 5.82 Å². The number of imidazole rings is 1. The lowest BCUT2D eigenvalue weighted by molar-refractivity contribution is -0.163. The summed E-state index contributed by atoms with van der Waals surface area (Å²) in [6.45, 7) is 0. The van der Waals surface area contributed by atoms with Gasteiger partial charge in [-0.15, -0.1) is 0 Å². The Morgan fingerprint density at radius 1 is 1.09 bits per heavy atom. The summed E-state index contributed by atoms with van der Waals surface area (Å²) in [6, 6.07) is 3.36. The van der Waals surface area contributed by atoms with Gasteiger partial charge in [-0.3, -0.25) is 0 Å². The molecule has 1 aromatic carbocycles. The SMILES string of the molecule is O=C(O)C(O)[C@H](O)C(O)[C@H](O)c1nc2cc(Br)c(Br)cc2[nH]1. The molecule has 0 bridgehead atoms. The third-order valence-corrected chi connectivity index (χ3v) is 4.92. The molecule has 2 unspecified atom stereocenters. The molecule has 120 valence electrons. The van der Waals surface area contributed by atoms with Crippen LogP contribution in [-0.2, 0) is 4.79 Å². The van der Waals surface area contributed by atoms with Crippen LogP contribution in [0.1, 0.15) is 11.9 Å². The Morgan fingerprint density at radius 2 is 1.68 bits per heavy atom. The molecule has 22 heavy (non-hydrogen) atoms. The first-order chi connectivity index (χ1) is 10.2. The number of benzene rings is 1. The molecule has 6 N–H and O–H groups in total. The molecule has 1 aromatic heterocycles. The summed E-state index contributed by atoms with van der Waals surface area (Å²) in [6.07, 6.45) is -7.93. The summed E-state index contributed by atoms with van der Waals surface area (Å²) < 4.78 is 1.47. The molecule has 0 aliphatic carbocycles. The molecular formula is C12H12Br2N2O6. The largest absolute Gasteiger partial charge is 0.479 e. The van der Waals surface area contributed by atoms with Crippen molar-refractivity contribution in [2.45, 2.75) is 24.4 Å². The van der Waals surface area contributed by atoms with Crippen LogP contribution in [0.3, 0.4) is 0 Å². The van der Waals surface area contributed by atoms with Gasteiger partial charge in [0.25, 0.3) is 0 Å². The van der Waals surface area contributed by atoms with Crippen molar-refractivity contribution >= 4 is 48.9 Å². The monoisotopic (exact) mass is 438 g/mol. The van der Waals surface area contributed by atoms with Crippen molar-refractivity contribution in [1.29, 1.82) is 0 Å². The van der Waals surface area contributed by atoms with Crippen molar-refractivity contribution in [2.24, 2.45) is 0 Å². The number of fused-ring (bicyclic) bond motifs is 1. The topological polar surface area (TPSA) is 147 Å². The third kappa shape index (κ3) is 3.31. The van der Waals surface area contributed by atoms with E-state index < -0.39 is 30.4 Å². The van der Waals surface area contributed by atoms with Crippen molar-refractivity contribution in [1.82, 2.24) is 9.97 Å². The lowest BCUT2D eigenvalue weighted by Gasteiger charge is -2.23. The molecular weight excluding hydrogens is 428 g/mol. The van der Waals surface area contributed by atoms with Crippen molar-refractivity contribution < 1.29 is 30.3 Å². The second-order valence-corrected chi connectivity index (χ2v) is 6.32. The number of carbonyl (C=O) groups is 1. The number of halogens is 2. The molecule has 0 saturated heterocycles. The molecule has 0 radical (unpaired) electrons. The number of aromatic amines is 1. The predicted octanol–water partition coefficient (Wildman–Crippen LogP) is 0.289. The number of hydrogen-bond donors (Lipinski definition) is 6. The number of aliphatic hydroxyl groups is 4. The molecule has 0 aliphatic rings. The van der Waals surface area contributed by atoms with Crippen LogP contribution in [0.25, 0.3) is 11.0 Å². The van der Waals surface area contributed by atoms with Gasteiger partial charge in [0.1, 0.15) is 24.1 Å². The molecule has 2 rings (SSSR count). The molecule has 0 amide bonds. The summed E-state index contributed by atoms with van der Waals surface area (Å²) in [7, 11) is 0. The molecule has 0 fully saturated rings. The number of carboxylic acid groups (broad SMARTS) is 1. The average Bonchev–Trinajstić information content (AvgIpc) is 2.87. The van der Waals surface area contributed by atoms with Crippen LogP contribution < -0.4 is 0 Å². The van der Waals surface area contributed by atoms with Gasteiger partial charge in [0.05, 0.1) is 11.0 Å². The van der Waals surface area contributed by atoms with E-state index in [1.54, 1.807) is 12.1 Å². The minimum atomic E-state index is -2.22. The summed E-state index contributed by atoms with van der Waals surface area (Å²) in [5.41, 5.74) is 1.05. The fraction of sp³-hybridized carbons (Fsp3) is 0.333. The van der Waals surface area contributed by atoms with Gasteiger partial charge in [0, 0.05) is 8.95 Å². The van der Waals surface area contributed by atoms with E-state index in [9.17, 15) is 25.2 Å². The highest BCUT2D eigenvalue weighted by Gasteiger charge is 2.36. The number of carboxylic acids is 1. The maximum atomic E-state index is 10.6. The molecule has 0 aliphatic heterocycles. The van der Waals surface area contributed by atoms with Gasteiger partial charge < -0.3 is 30.5 Å². The lowest BCUT2D eigenvalue weighted by atomic mass is 10.0. The van der Waals surface area contributed by atoms with E-state index in [1.807, 2.05) is 0 Å². The smallest absolute Gasteiger partial charge is 0.335 e. The Morgan fingerprint density at radius 3 is 2.27 bits per heavy atom. The number of aliphatic hydroxyl groups excluding tert-OH is 4. The summed E-state index contributed by atoms with van der Waals surface area (Å²) in [5.74, 6) is -1.78. The highest BCUT2D eigenvalue weighted by atomic mass is 79.9. The first kappa shape index (κ1) is 17.3. The molecule has 4 atom stereocenters. The maximum absolute atomic E-state index is 10.6. The Balaban J connectivity index is 2.29. The lowest BCUT2D eigenvalue weighted by Crippen LogP contribution is -2.45. The van der Waals surface area contributed by atoms with E-state index in [4.69, 9.17) is 5.11 Å². The predicted molar refractivity (Wildman–Crippen MR) is 82.1 cm³/mol. The number of aliphatic carboxylic acids is 1. The first-order valence-corrected chi connectivity index (χ1v) is 7.60. The van der Waals surface area contributed by atoms with Crippen LogP contribution in [0.15, 0.2) is 21.1 Å². The van der Waals surface area contributed by atoms with Crippen LogP contribution >= 0.6 is 31.9 Å². The highest BCUT2D eigenvalue weighted by molar-refractivity contribution is 9.13. The van der Waals surface area contributed by atoms with Gasteiger partial charge in [-0.1, -0.05) is 0 Å². The number of hydrogen-bond acceptors (Lipinski definition) is 6. The van der Waals surface area contributed by atoms with E-state index >= 15 is 0 Å². The minimum absolute atomic E-state index is 0.0656. The summed E-state index contributed by atoms with van der Waals surface area (Å²) in [5, 5.41) is 47.1. The van der Waals surface area contributed by atoms with Crippen LogP contribution in [-0.4, -0.2) is 59.8 Å². The Hall–Kier alpha value is -1.04. The van der Waals surface area contributed by atoms with Gasteiger partial charge in [-0.05, 0) is 44.0 Å². The zero-order chi connectivity index (χ0) is 16.6. The van der Waals surface area contributed by atoms with Gasteiger partial charge in [-0.2, -0.15) is 0 Å². The van der Waals surface area contributed by atoms with Gasteiger partial charge >= 0.3 is 5.97 Å². The zero-order valence-corrected chi connectivity index (χ0v) is 14.0. The van der Waals surface area contributed by atoms with Gasteiger partial charge in [0.2, 0.25) is 0 Å². The molecule has 0 spiro atoms. The van der Waals surface area contributed by atoms with E-state index in [0.717, 1.165) is 8.95 Å². The summed E-state index contributed by atoms with van der Waals surface area (Å²) in [4.78, 5) is 17.4. The number of rotatable bonds is 5. The minimum Gasteiger partial charge on any atom is -0.479 e. The Kier molecular flexibility index (Phi) is 5.20. The Labute approximate surface area is 140 Å². The fourth-order valence-corrected chi connectivity index (χ4v) is 2.52. The van der Waals surface area contributed by atoms with Gasteiger partial charge in [0.15, 0.2) is 6.10 Å². The number of nitrogens with one attached hydrogen (secondary N) is 1. The molecule has 8 nitrogen and oxygen atoms in total. The average molecular weight is 440 g/mol. The van der Waals surface area contributed by atoms with Crippen LogP contribution in [0.5, 0.6) is 0 Å². The quantitative estimate of drug-likeness (QED) is 0.392. The molecule has 0 saturated carbocycles. The third-order valence-electron chi connectivity index (χ3n) is 3.07. The number of H-pyrrole nitrogens is 1. The first-order valence-electron chi connectivity index (χ1n) is 6.02. The van der Waals surface area contributed by atoms with Crippen LogP contribution in [0, 0.1) is 0 Å². The second-order valence-electron chi connectivity index (χ2n) is 4.61. The molecule has 10 heteroatoms. The second kappa shape index (κ2) is 6.60. The van der Waals surface area contributed by atoms with Gasteiger partial charge in [-0.25, -0.2) is 9.78 Å². The van der Waals surface area contributed by atoms with E-state index in [2.05, 4.69) is 41.8 Å². The maximum Gasteiger partial charge on any atom is 0.335 e. The highest BCUT2D eigenvalue weighted by Crippen LogP contribution is 2.29. The molecule has 2 aromatic rings. The zero-order valence-electron chi connectivity index (χ0n) is 10.8. The molecule has 1 heterocycles. The Bertz CT molecular complexity index is 667. The van der Waals surface area contributed by atoms with Crippen LogP contribution in [0.4, 0.5) is 0 Å². The van der Waals surface area contributed by atoms with E-state index in [0.29, 0.717) is 11.0 Å². The van der Waals surface area contributed by atoms with Crippen molar-refractivity contribution in [3.63, 3.8) is 0 Å². The summed E-state index contributed by atoms with van der Waals surface area (Å²) >= 11 is 6.60. The standard InChI is InChI=1S/C12H12Br2N2O6/c13-3-1-5-6(2-4(3)14)16-11(15-5)9(19)7(17)8(18)10(20)12(21)22/h1-2,7-10,17-20H,(H,15,16)(H,21,22)/t7?,8-,9+,10?/m1/s1. The normalized spacial score (nSPS) is 17.2. The fourth-order valence-electron chi connectivity index (χ4n) is 1.85. The number of nitrogens with zero attached hydrogens (tertiary/aromatic N) is 1.